The van der Waals surface area contributed by atoms with Crippen LogP contribution in [-0.2, 0) is 4.79 Å². The number of urea groups is 1. The molecule has 1 aliphatic heterocycles. The molecule has 9 nitrogen and oxygen atoms in total. The van der Waals surface area contributed by atoms with Gasteiger partial charge in [0.15, 0.2) is 11.6 Å². The van der Waals surface area contributed by atoms with Crippen molar-refractivity contribution in [1.82, 2.24) is 14.5 Å². The molecule has 3 heterocycles. The maximum absolute atomic E-state index is 13.9. The molecule has 3 atom stereocenters. The van der Waals surface area contributed by atoms with Crippen LogP contribution in [0.1, 0.15) is 12.8 Å². The number of primary amides is 1. The van der Waals surface area contributed by atoms with Crippen molar-refractivity contribution in [1.29, 1.82) is 0 Å². The summed E-state index contributed by atoms with van der Waals surface area (Å²) in [4.78, 5) is 43.0. The largest absolute Gasteiger partial charge is 0.351 e. The van der Waals surface area contributed by atoms with E-state index in [1.165, 1.54) is 34.0 Å². The normalized spacial score (nSPS) is 21.6. The summed E-state index contributed by atoms with van der Waals surface area (Å²) in [5.41, 5.74) is 6.41. The van der Waals surface area contributed by atoms with Gasteiger partial charge in [-0.3, -0.25) is 9.36 Å². The fourth-order valence-corrected chi connectivity index (χ4v) is 4.30. The number of amides is 4. The highest BCUT2D eigenvalue weighted by atomic mass is 19.1. The molecule has 5 rings (SSSR count). The third kappa shape index (κ3) is 3.25. The lowest BCUT2D eigenvalue weighted by molar-refractivity contribution is -0.120. The minimum atomic E-state index is -0.741. The molecule has 3 aromatic rings. The van der Waals surface area contributed by atoms with E-state index in [0.717, 1.165) is 6.42 Å². The van der Waals surface area contributed by atoms with Crippen LogP contribution in [0.2, 0.25) is 0 Å². The molecule has 1 aromatic carbocycles. The Morgan fingerprint density at radius 1 is 1.10 bits per heavy atom. The Bertz CT molecular complexity index is 1220. The first-order valence-corrected chi connectivity index (χ1v) is 9.84. The molecule has 0 radical (unpaired) electrons. The number of fused-ring (bicyclic) bond motifs is 2. The lowest BCUT2D eigenvalue weighted by atomic mass is 10.1. The number of halogens is 1. The summed E-state index contributed by atoms with van der Waals surface area (Å²) >= 11 is 0. The Hall–Kier alpha value is -3.95. The molecule has 0 bridgehead atoms. The number of benzene rings is 1. The Balaban J connectivity index is 1.39. The third-order valence-electron chi connectivity index (χ3n) is 5.83. The molecule has 158 valence electrons. The zero-order valence-electron chi connectivity index (χ0n) is 16.3. The molecule has 2 aliphatic rings. The molecule has 4 amide bonds. The number of hydrogen-bond donors (Lipinski definition) is 3. The van der Waals surface area contributed by atoms with Gasteiger partial charge < -0.3 is 21.3 Å². The lowest BCUT2D eigenvalue weighted by Crippen LogP contribution is -2.47. The van der Waals surface area contributed by atoms with Gasteiger partial charge in [0, 0.05) is 23.8 Å². The van der Waals surface area contributed by atoms with E-state index in [2.05, 4.69) is 15.6 Å². The van der Waals surface area contributed by atoms with E-state index < -0.39 is 29.8 Å². The van der Waals surface area contributed by atoms with Crippen LogP contribution in [0.4, 0.5) is 25.5 Å². The van der Waals surface area contributed by atoms with Gasteiger partial charge in [0.05, 0.1) is 11.2 Å². The molecule has 0 unspecified atom stereocenters. The molecule has 1 saturated carbocycles. The van der Waals surface area contributed by atoms with Gasteiger partial charge in [-0.25, -0.2) is 19.0 Å². The number of nitrogens with one attached hydrogen (secondary N) is 2. The smallest absolute Gasteiger partial charge is 0.323 e. The molecule has 2 fully saturated rings. The van der Waals surface area contributed by atoms with E-state index in [4.69, 9.17) is 5.73 Å². The summed E-state index contributed by atoms with van der Waals surface area (Å²) < 4.78 is 15.1. The number of carbonyl (C=O) groups excluding carboxylic acids is 3. The number of nitrogens with zero attached hydrogens (tertiary/aromatic N) is 3. The molecule has 1 saturated heterocycles. The summed E-state index contributed by atoms with van der Waals surface area (Å²) in [5.74, 6) is -1.06. The minimum absolute atomic E-state index is 0.0474. The topological polar surface area (TPSA) is 122 Å². The molecule has 10 heteroatoms. The Kier molecular flexibility index (Phi) is 4.35. The minimum Gasteiger partial charge on any atom is -0.351 e. The number of para-hydroxylation sites is 1. The molecule has 31 heavy (non-hydrogen) atoms. The first-order chi connectivity index (χ1) is 14.9. The second kappa shape index (κ2) is 7.08. The predicted molar refractivity (Wildman–Crippen MR) is 111 cm³/mol. The number of aromatic nitrogens is 2. The van der Waals surface area contributed by atoms with Crippen LogP contribution in [0.15, 0.2) is 48.8 Å². The highest BCUT2D eigenvalue weighted by Crippen LogP contribution is 2.48. The maximum Gasteiger partial charge on any atom is 0.323 e. The Morgan fingerprint density at radius 3 is 2.68 bits per heavy atom. The SMILES string of the molecule is NC(=O)n1cc(NC(=O)N2[C@@H]3C[C@@H]3C[C@H]2C(=O)Nc2ncccc2F)c2ccccc21. The van der Waals surface area contributed by atoms with Gasteiger partial charge in [-0.15, -0.1) is 0 Å². The molecule has 0 spiro atoms. The number of rotatable bonds is 3. The fourth-order valence-electron chi connectivity index (χ4n) is 4.30. The summed E-state index contributed by atoms with van der Waals surface area (Å²) in [6.45, 7) is 0. The molecule has 2 aromatic heterocycles. The van der Waals surface area contributed by atoms with E-state index in [-0.39, 0.29) is 17.8 Å². The molecular weight excluding hydrogens is 403 g/mol. The average molecular weight is 422 g/mol. The second-order valence-corrected chi connectivity index (χ2v) is 7.74. The van der Waals surface area contributed by atoms with Gasteiger partial charge in [-0.1, -0.05) is 18.2 Å². The van der Waals surface area contributed by atoms with Gasteiger partial charge in [0.25, 0.3) is 0 Å². The summed E-state index contributed by atoms with van der Waals surface area (Å²) in [7, 11) is 0. The highest BCUT2D eigenvalue weighted by molar-refractivity contribution is 6.06. The summed E-state index contributed by atoms with van der Waals surface area (Å²) in [5, 5.41) is 5.94. The number of hydrogen-bond acceptors (Lipinski definition) is 4. The van der Waals surface area contributed by atoms with E-state index in [1.54, 1.807) is 24.3 Å². The van der Waals surface area contributed by atoms with E-state index in [0.29, 0.717) is 23.0 Å². The van der Waals surface area contributed by atoms with Gasteiger partial charge in [0.2, 0.25) is 5.91 Å². The van der Waals surface area contributed by atoms with Crippen molar-refractivity contribution in [2.75, 3.05) is 10.6 Å². The highest BCUT2D eigenvalue weighted by Gasteiger charge is 2.56. The van der Waals surface area contributed by atoms with Crippen LogP contribution in [0.3, 0.4) is 0 Å². The molecule has 4 N–H and O–H groups in total. The zero-order chi connectivity index (χ0) is 21.7. The molecular formula is C21H19FN6O3. The monoisotopic (exact) mass is 422 g/mol. The zero-order valence-corrected chi connectivity index (χ0v) is 16.3. The van der Waals surface area contributed by atoms with Crippen molar-refractivity contribution in [3.8, 4) is 0 Å². The number of anilines is 2. The van der Waals surface area contributed by atoms with Crippen molar-refractivity contribution >= 4 is 40.4 Å². The first-order valence-electron chi connectivity index (χ1n) is 9.84. The van der Waals surface area contributed by atoms with Crippen LogP contribution in [0, 0.1) is 11.7 Å². The van der Waals surface area contributed by atoms with E-state index in [9.17, 15) is 18.8 Å². The standard InChI is InChI=1S/C21H19FN6O3/c22-13-5-3-7-24-18(13)26-19(29)17-9-11-8-16(11)28(17)21(31)25-14-10-27(20(23)30)15-6-2-1-4-12(14)15/h1-7,10-11,16-17H,8-9H2,(H2,23,30)(H,25,31)(H,24,26,29)/t11-,16-,17+/m1/s1. The lowest BCUT2D eigenvalue weighted by Gasteiger charge is -2.26. The number of likely N-dealkylation sites (tertiary alicyclic amines) is 1. The van der Waals surface area contributed by atoms with E-state index >= 15 is 0 Å². The van der Waals surface area contributed by atoms with Crippen molar-refractivity contribution in [3.05, 3.63) is 54.6 Å². The van der Waals surface area contributed by atoms with Gasteiger partial charge in [-0.2, -0.15) is 0 Å². The van der Waals surface area contributed by atoms with Crippen LogP contribution in [0.5, 0.6) is 0 Å². The van der Waals surface area contributed by atoms with Crippen LogP contribution < -0.4 is 16.4 Å². The molecule has 1 aliphatic carbocycles. The van der Waals surface area contributed by atoms with Gasteiger partial charge >= 0.3 is 12.1 Å². The number of nitrogens with two attached hydrogens (primary N) is 1. The number of pyridine rings is 1. The Morgan fingerprint density at radius 2 is 1.90 bits per heavy atom. The van der Waals surface area contributed by atoms with Gasteiger partial charge in [0.1, 0.15) is 6.04 Å². The second-order valence-electron chi connectivity index (χ2n) is 7.74. The van der Waals surface area contributed by atoms with Crippen molar-refractivity contribution in [3.63, 3.8) is 0 Å². The van der Waals surface area contributed by atoms with Crippen molar-refractivity contribution in [2.24, 2.45) is 11.7 Å². The Labute approximate surface area is 176 Å². The van der Waals surface area contributed by atoms with Crippen molar-refractivity contribution < 1.29 is 18.8 Å². The summed E-state index contributed by atoms with van der Waals surface area (Å²) in [6, 6.07) is 7.75. The van der Waals surface area contributed by atoms with Gasteiger partial charge in [-0.05, 0) is 37.0 Å². The number of piperidine rings is 1. The average Bonchev–Trinajstić information content (AvgIpc) is 3.25. The maximum atomic E-state index is 13.9. The van der Waals surface area contributed by atoms with Crippen LogP contribution >= 0.6 is 0 Å². The van der Waals surface area contributed by atoms with Crippen LogP contribution in [-0.4, -0.2) is 44.5 Å². The van der Waals surface area contributed by atoms with Crippen molar-refractivity contribution in [2.45, 2.75) is 24.9 Å². The summed E-state index contributed by atoms with van der Waals surface area (Å²) in [6.07, 6.45) is 4.16. The fraction of sp³-hybridized carbons (Fsp3) is 0.238. The quantitative estimate of drug-likeness (QED) is 0.601. The first kappa shape index (κ1) is 19.0. The van der Waals surface area contributed by atoms with Crippen LogP contribution in [0.25, 0.3) is 10.9 Å². The predicted octanol–water partition coefficient (Wildman–Crippen LogP) is 2.74. The third-order valence-corrected chi connectivity index (χ3v) is 5.83. The van der Waals surface area contributed by atoms with E-state index in [1.807, 2.05) is 0 Å². The number of carbonyl (C=O) groups is 3.